The zero-order chi connectivity index (χ0) is 18.4. The van der Waals surface area contributed by atoms with E-state index in [0.29, 0.717) is 10.6 Å². The molecule has 0 bridgehead atoms. The topological polar surface area (TPSA) is 67.2 Å². The molecule has 4 nitrogen and oxygen atoms in total. The van der Waals surface area contributed by atoms with Crippen LogP contribution in [0.5, 0.6) is 0 Å². The SMILES string of the molecule is CCOC(=O)C(C#N)C(CC(=O)c1ccc(Cl)cc1)c1ccc(Br)s1. The lowest BCUT2D eigenvalue weighted by Crippen LogP contribution is -2.25. The fourth-order valence-electron chi connectivity index (χ4n) is 2.40. The third kappa shape index (κ3) is 5.15. The lowest BCUT2D eigenvalue weighted by atomic mass is 9.86. The van der Waals surface area contributed by atoms with E-state index in [2.05, 4.69) is 15.9 Å². The van der Waals surface area contributed by atoms with Crippen LogP contribution in [0.15, 0.2) is 40.2 Å². The molecule has 2 rings (SSSR count). The summed E-state index contributed by atoms with van der Waals surface area (Å²) in [5.41, 5.74) is 0.491. The Morgan fingerprint density at radius 3 is 2.48 bits per heavy atom. The van der Waals surface area contributed by atoms with Crippen LogP contribution >= 0.6 is 38.9 Å². The average Bonchev–Trinajstić information content (AvgIpc) is 3.01. The maximum atomic E-state index is 12.6. The number of benzene rings is 1. The molecule has 0 aliphatic carbocycles. The van der Waals surface area contributed by atoms with E-state index in [1.165, 1.54) is 11.3 Å². The lowest BCUT2D eigenvalue weighted by molar-refractivity contribution is -0.146. The van der Waals surface area contributed by atoms with Gasteiger partial charge in [-0.3, -0.25) is 9.59 Å². The average molecular weight is 441 g/mol. The first-order valence-electron chi connectivity index (χ1n) is 7.56. The van der Waals surface area contributed by atoms with Gasteiger partial charge in [0.2, 0.25) is 0 Å². The van der Waals surface area contributed by atoms with Crippen molar-refractivity contribution in [1.29, 1.82) is 5.26 Å². The Kier molecular flexibility index (Phi) is 7.18. The molecule has 0 spiro atoms. The van der Waals surface area contributed by atoms with E-state index in [1.807, 2.05) is 18.2 Å². The van der Waals surface area contributed by atoms with E-state index >= 15 is 0 Å². The summed E-state index contributed by atoms with van der Waals surface area (Å²) < 4.78 is 5.88. The van der Waals surface area contributed by atoms with Crippen molar-refractivity contribution in [2.45, 2.75) is 19.3 Å². The molecule has 0 amide bonds. The van der Waals surface area contributed by atoms with Gasteiger partial charge in [0.25, 0.3) is 0 Å². The predicted octanol–water partition coefficient (Wildman–Crippen LogP) is 5.22. The normalized spacial score (nSPS) is 12.9. The van der Waals surface area contributed by atoms with Crippen LogP contribution in [-0.2, 0) is 9.53 Å². The molecular weight excluding hydrogens is 426 g/mol. The summed E-state index contributed by atoms with van der Waals surface area (Å²) >= 11 is 10.6. The van der Waals surface area contributed by atoms with E-state index in [0.717, 1.165) is 8.66 Å². The number of ketones is 1. The molecule has 1 aromatic carbocycles. The highest BCUT2D eigenvalue weighted by atomic mass is 79.9. The van der Waals surface area contributed by atoms with Crippen LogP contribution in [-0.4, -0.2) is 18.4 Å². The molecule has 130 valence electrons. The molecule has 2 aromatic rings. The fourth-order valence-corrected chi connectivity index (χ4v) is 4.09. The minimum absolute atomic E-state index is 0.0334. The molecule has 0 saturated heterocycles. The second-order valence-electron chi connectivity index (χ2n) is 5.24. The van der Waals surface area contributed by atoms with E-state index in [9.17, 15) is 14.9 Å². The second-order valence-corrected chi connectivity index (χ2v) is 8.17. The number of nitriles is 1. The number of halogens is 2. The largest absolute Gasteiger partial charge is 0.465 e. The van der Waals surface area contributed by atoms with Crippen LogP contribution in [0.1, 0.15) is 34.5 Å². The van der Waals surface area contributed by atoms with Gasteiger partial charge in [0.05, 0.1) is 16.5 Å². The van der Waals surface area contributed by atoms with Gasteiger partial charge < -0.3 is 4.74 Å². The van der Waals surface area contributed by atoms with Gasteiger partial charge in [0, 0.05) is 27.8 Å². The minimum atomic E-state index is -1.04. The van der Waals surface area contributed by atoms with Crippen LogP contribution in [0.3, 0.4) is 0 Å². The summed E-state index contributed by atoms with van der Waals surface area (Å²) in [5, 5.41) is 10.0. The number of esters is 1. The van der Waals surface area contributed by atoms with Gasteiger partial charge in [-0.05, 0) is 59.3 Å². The standard InChI is InChI=1S/C18H15BrClNO3S/c1-2-24-18(23)14(10-21)13(16-7-8-17(19)25-16)9-15(22)11-3-5-12(20)6-4-11/h3-8,13-14H,2,9H2,1H3. The predicted molar refractivity (Wildman–Crippen MR) is 101 cm³/mol. The number of carbonyl (C=O) groups is 2. The van der Waals surface area contributed by atoms with Gasteiger partial charge in [-0.25, -0.2) is 0 Å². The van der Waals surface area contributed by atoms with Crippen LogP contribution in [0.2, 0.25) is 5.02 Å². The molecule has 1 aromatic heterocycles. The summed E-state index contributed by atoms with van der Waals surface area (Å²) in [6, 6.07) is 12.2. The number of ether oxygens (including phenoxy) is 1. The van der Waals surface area contributed by atoms with Crippen molar-refractivity contribution in [3.8, 4) is 6.07 Å². The molecule has 2 unspecified atom stereocenters. The first-order chi connectivity index (χ1) is 12.0. The molecule has 1 heterocycles. The van der Waals surface area contributed by atoms with E-state index in [1.54, 1.807) is 31.2 Å². The van der Waals surface area contributed by atoms with Crippen LogP contribution < -0.4 is 0 Å². The molecule has 0 N–H and O–H groups in total. The van der Waals surface area contributed by atoms with E-state index < -0.39 is 17.8 Å². The zero-order valence-corrected chi connectivity index (χ0v) is 16.5. The summed E-state index contributed by atoms with van der Waals surface area (Å²) in [6.45, 7) is 1.87. The van der Waals surface area contributed by atoms with Crippen molar-refractivity contribution >= 4 is 50.6 Å². The summed E-state index contributed by atoms with van der Waals surface area (Å²) in [6.07, 6.45) is 0.0334. The molecule has 0 fully saturated rings. The van der Waals surface area contributed by atoms with Crippen molar-refractivity contribution in [2.75, 3.05) is 6.61 Å². The van der Waals surface area contributed by atoms with E-state index in [-0.39, 0.29) is 18.8 Å². The highest BCUT2D eigenvalue weighted by molar-refractivity contribution is 9.11. The van der Waals surface area contributed by atoms with Crippen molar-refractivity contribution in [2.24, 2.45) is 5.92 Å². The minimum Gasteiger partial charge on any atom is -0.465 e. The van der Waals surface area contributed by atoms with Gasteiger partial charge in [0.1, 0.15) is 0 Å². The third-order valence-corrected chi connectivity index (χ3v) is 5.62. The van der Waals surface area contributed by atoms with E-state index in [4.69, 9.17) is 16.3 Å². The lowest BCUT2D eigenvalue weighted by Gasteiger charge is -2.19. The Morgan fingerprint density at radius 2 is 1.96 bits per heavy atom. The quantitative estimate of drug-likeness (QED) is 0.437. The Bertz CT molecular complexity index is 797. The number of nitrogens with zero attached hydrogens (tertiary/aromatic N) is 1. The van der Waals surface area contributed by atoms with Crippen molar-refractivity contribution in [3.63, 3.8) is 0 Å². The number of carbonyl (C=O) groups excluding carboxylic acids is 2. The number of hydrogen-bond donors (Lipinski definition) is 0. The van der Waals surface area contributed by atoms with Crippen molar-refractivity contribution in [1.82, 2.24) is 0 Å². The van der Waals surface area contributed by atoms with Gasteiger partial charge in [-0.2, -0.15) is 5.26 Å². The van der Waals surface area contributed by atoms with Crippen molar-refractivity contribution in [3.05, 3.63) is 55.6 Å². The molecule has 0 saturated carbocycles. The maximum absolute atomic E-state index is 12.6. The van der Waals surface area contributed by atoms with Crippen LogP contribution in [0, 0.1) is 17.2 Å². The third-order valence-electron chi connectivity index (χ3n) is 3.61. The Hall–Kier alpha value is -1.68. The Morgan fingerprint density at radius 1 is 1.28 bits per heavy atom. The Balaban J connectivity index is 2.31. The van der Waals surface area contributed by atoms with Gasteiger partial charge in [-0.15, -0.1) is 11.3 Å². The fraction of sp³-hybridized carbons (Fsp3) is 0.278. The number of rotatable bonds is 7. The molecule has 25 heavy (non-hydrogen) atoms. The monoisotopic (exact) mass is 439 g/mol. The molecule has 0 radical (unpaired) electrons. The van der Waals surface area contributed by atoms with Crippen LogP contribution in [0.4, 0.5) is 0 Å². The molecular formula is C18H15BrClNO3S. The highest BCUT2D eigenvalue weighted by Gasteiger charge is 2.33. The maximum Gasteiger partial charge on any atom is 0.324 e. The Labute approximate surface area is 163 Å². The first-order valence-corrected chi connectivity index (χ1v) is 9.55. The number of hydrogen-bond acceptors (Lipinski definition) is 5. The molecule has 2 atom stereocenters. The number of Topliss-reactive ketones (excluding diaryl/α,β-unsaturated/α-hetero) is 1. The van der Waals surface area contributed by atoms with Crippen LogP contribution in [0.25, 0.3) is 0 Å². The number of thiophene rings is 1. The summed E-state index contributed by atoms with van der Waals surface area (Å²) in [4.78, 5) is 25.6. The smallest absolute Gasteiger partial charge is 0.324 e. The highest BCUT2D eigenvalue weighted by Crippen LogP contribution is 2.36. The van der Waals surface area contributed by atoms with Gasteiger partial charge >= 0.3 is 5.97 Å². The molecule has 0 aliphatic rings. The summed E-state index contributed by atoms with van der Waals surface area (Å²) in [5.74, 6) is -2.37. The zero-order valence-electron chi connectivity index (χ0n) is 13.4. The first kappa shape index (κ1) is 19.6. The van der Waals surface area contributed by atoms with Gasteiger partial charge in [0.15, 0.2) is 11.7 Å². The molecule has 7 heteroatoms. The second kappa shape index (κ2) is 9.14. The molecule has 0 aliphatic heterocycles. The van der Waals surface area contributed by atoms with Gasteiger partial charge in [-0.1, -0.05) is 11.6 Å². The summed E-state index contributed by atoms with van der Waals surface area (Å²) in [7, 11) is 0. The van der Waals surface area contributed by atoms with Crippen molar-refractivity contribution < 1.29 is 14.3 Å².